The molecule has 0 amide bonds. The number of fused-ring (bicyclic) bond motifs is 1. The van der Waals surface area contributed by atoms with Crippen molar-refractivity contribution in [2.75, 3.05) is 0 Å². The molecule has 4 nitrogen and oxygen atoms in total. The number of halogens is 1. The molecule has 0 saturated heterocycles. The molecule has 6 heteroatoms. The standard InChI is InChI=1S/C15H13BrN2O2S/c1-10-7-11(2)15(8-12(10)16)21(19,20)18-9-17-13-5-3-4-6-14(13)18/h3-9H,1-2H3. The van der Waals surface area contributed by atoms with Crippen LogP contribution < -0.4 is 0 Å². The Kier molecular flexibility index (Phi) is 3.37. The van der Waals surface area contributed by atoms with E-state index in [1.807, 2.05) is 19.1 Å². The van der Waals surface area contributed by atoms with E-state index in [1.54, 1.807) is 31.2 Å². The van der Waals surface area contributed by atoms with Crippen LogP contribution in [0.5, 0.6) is 0 Å². The molecule has 108 valence electrons. The van der Waals surface area contributed by atoms with Crippen LogP contribution in [0.2, 0.25) is 0 Å². The first-order chi connectivity index (χ1) is 9.91. The van der Waals surface area contributed by atoms with Gasteiger partial charge in [-0.3, -0.25) is 0 Å². The summed E-state index contributed by atoms with van der Waals surface area (Å²) >= 11 is 3.40. The molecule has 21 heavy (non-hydrogen) atoms. The third kappa shape index (κ3) is 2.28. The van der Waals surface area contributed by atoms with Gasteiger partial charge in [-0.2, -0.15) is 0 Å². The fourth-order valence-electron chi connectivity index (χ4n) is 2.32. The van der Waals surface area contributed by atoms with Crippen molar-refractivity contribution in [2.24, 2.45) is 0 Å². The van der Waals surface area contributed by atoms with Crippen LogP contribution in [0, 0.1) is 13.8 Å². The number of aryl methyl sites for hydroxylation is 2. The lowest BCUT2D eigenvalue weighted by Crippen LogP contribution is -2.13. The van der Waals surface area contributed by atoms with Gasteiger partial charge in [0.05, 0.1) is 15.9 Å². The second-order valence-corrected chi connectivity index (χ2v) is 7.54. The molecule has 1 aromatic heterocycles. The maximum Gasteiger partial charge on any atom is 0.269 e. The van der Waals surface area contributed by atoms with Crippen molar-refractivity contribution in [2.45, 2.75) is 18.7 Å². The van der Waals surface area contributed by atoms with Gasteiger partial charge in [0, 0.05) is 4.47 Å². The van der Waals surface area contributed by atoms with E-state index in [0.29, 0.717) is 16.6 Å². The number of hydrogen-bond donors (Lipinski definition) is 0. The molecule has 0 radical (unpaired) electrons. The molecule has 1 heterocycles. The third-order valence-corrected chi connectivity index (χ3v) is 6.07. The quantitative estimate of drug-likeness (QED) is 0.697. The minimum atomic E-state index is -3.67. The zero-order chi connectivity index (χ0) is 15.2. The first kappa shape index (κ1) is 14.3. The molecule has 0 atom stereocenters. The Balaban J connectivity index is 2.29. The van der Waals surface area contributed by atoms with Crippen molar-refractivity contribution in [3.63, 3.8) is 0 Å². The first-order valence-corrected chi connectivity index (χ1v) is 8.59. The summed E-state index contributed by atoms with van der Waals surface area (Å²) in [6, 6.07) is 10.7. The highest BCUT2D eigenvalue weighted by Crippen LogP contribution is 2.27. The molecular weight excluding hydrogens is 352 g/mol. The molecule has 0 unspecified atom stereocenters. The van der Waals surface area contributed by atoms with Crippen molar-refractivity contribution in [1.82, 2.24) is 8.96 Å². The number of para-hydroxylation sites is 2. The maximum absolute atomic E-state index is 12.9. The zero-order valence-electron chi connectivity index (χ0n) is 11.5. The smallest absolute Gasteiger partial charge is 0.236 e. The van der Waals surface area contributed by atoms with E-state index in [2.05, 4.69) is 20.9 Å². The van der Waals surface area contributed by atoms with E-state index in [1.165, 1.54) is 10.3 Å². The van der Waals surface area contributed by atoms with Crippen molar-refractivity contribution in [3.05, 3.63) is 58.3 Å². The SMILES string of the molecule is Cc1cc(C)c(S(=O)(=O)n2cnc3ccccc32)cc1Br. The topological polar surface area (TPSA) is 52.0 Å². The monoisotopic (exact) mass is 364 g/mol. The molecular formula is C15H13BrN2O2S. The predicted octanol–water partition coefficient (Wildman–Crippen LogP) is 3.65. The van der Waals surface area contributed by atoms with Gasteiger partial charge in [0.25, 0.3) is 10.0 Å². The van der Waals surface area contributed by atoms with Gasteiger partial charge >= 0.3 is 0 Å². The Morgan fingerprint density at radius 1 is 1.10 bits per heavy atom. The van der Waals surface area contributed by atoms with E-state index < -0.39 is 10.0 Å². The maximum atomic E-state index is 12.9. The lowest BCUT2D eigenvalue weighted by Gasteiger charge is -2.11. The van der Waals surface area contributed by atoms with Crippen molar-refractivity contribution in [3.8, 4) is 0 Å². The van der Waals surface area contributed by atoms with E-state index in [4.69, 9.17) is 0 Å². The van der Waals surface area contributed by atoms with E-state index in [0.717, 1.165) is 10.0 Å². The summed E-state index contributed by atoms with van der Waals surface area (Å²) in [6.45, 7) is 3.73. The summed E-state index contributed by atoms with van der Waals surface area (Å²) < 4.78 is 27.8. The normalized spacial score (nSPS) is 12.0. The van der Waals surface area contributed by atoms with Gasteiger partial charge in [-0.05, 0) is 43.2 Å². The summed E-state index contributed by atoms with van der Waals surface area (Å²) in [6.07, 6.45) is 1.35. The van der Waals surface area contributed by atoms with E-state index in [-0.39, 0.29) is 4.90 Å². The van der Waals surface area contributed by atoms with Gasteiger partial charge in [0.1, 0.15) is 6.33 Å². The van der Waals surface area contributed by atoms with Gasteiger partial charge in [0.15, 0.2) is 0 Å². The van der Waals surface area contributed by atoms with Crippen LogP contribution in [-0.2, 0) is 10.0 Å². The van der Waals surface area contributed by atoms with Crippen molar-refractivity contribution in [1.29, 1.82) is 0 Å². The lowest BCUT2D eigenvalue weighted by molar-refractivity contribution is 0.588. The second-order valence-electron chi connectivity index (χ2n) is 4.90. The molecule has 3 aromatic rings. The molecule has 0 aliphatic carbocycles. The Morgan fingerprint density at radius 3 is 2.57 bits per heavy atom. The Morgan fingerprint density at radius 2 is 1.81 bits per heavy atom. The Labute approximate surface area is 131 Å². The largest absolute Gasteiger partial charge is 0.269 e. The minimum Gasteiger partial charge on any atom is -0.236 e. The molecule has 0 N–H and O–H groups in total. The predicted molar refractivity (Wildman–Crippen MR) is 85.9 cm³/mol. The number of rotatable bonds is 2. The summed E-state index contributed by atoms with van der Waals surface area (Å²) in [7, 11) is -3.67. The number of imidazole rings is 1. The molecule has 0 aliphatic rings. The van der Waals surface area contributed by atoms with Gasteiger partial charge in [-0.25, -0.2) is 17.4 Å². The van der Waals surface area contributed by atoms with Gasteiger partial charge in [0.2, 0.25) is 0 Å². The number of benzene rings is 2. The third-order valence-electron chi connectivity index (χ3n) is 3.41. The van der Waals surface area contributed by atoms with Gasteiger partial charge < -0.3 is 0 Å². The van der Waals surface area contributed by atoms with Crippen LogP contribution in [0.3, 0.4) is 0 Å². The van der Waals surface area contributed by atoms with Gasteiger partial charge in [-0.15, -0.1) is 0 Å². The fourth-order valence-corrected chi connectivity index (χ4v) is 4.34. The van der Waals surface area contributed by atoms with Crippen LogP contribution in [0.1, 0.15) is 11.1 Å². The van der Waals surface area contributed by atoms with Crippen LogP contribution in [-0.4, -0.2) is 17.4 Å². The molecule has 0 fully saturated rings. The van der Waals surface area contributed by atoms with E-state index in [9.17, 15) is 8.42 Å². The number of aromatic nitrogens is 2. The lowest BCUT2D eigenvalue weighted by atomic mass is 10.2. The molecule has 2 aromatic carbocycles. The van der Waals surface area contributed by atoms with Crippen LogP contribution in [0.25, 0.3) is 11.0 Å². The fraction of sp³-hybridized carbons (Fsp3) is 0.133. The molecule has 0 saturated carbocycles. The number of hydrogen-bond acceptors (Lipinski definition) is 3. The highest BCUT2D eigenvalue weighted by molar-refractivity contribution is 9.10. The average molecular weight is 365 g/mol. The van der Waals surface area contributed by atoms with Crippen molar-refractivity contribution < 1.29 is 8.42 Å². The van der Waals surface area contributed by atoms with Crippen LogP contribution >= 0.6 is 15.9 Å². The Bertz CT molecular complexity index is 945. The second kappa shape index (κ2) is 4.96. The average Bonchev–Trinajstić information content (AvgIpc) is 2.87. The van der Waals surface area contributed by atoms with Crippen LogP contribution in [0.4, 0.5) is 0 Å². The number of nitrogens with zero attached hydrogens (tertiary/aromatic N) is 2. The molecule has 0 bridgehead atoms. The summed E-state index contributed by atoms with van der Waals surface area (Å²) in [5, 5.41) is 0. The molecule has 0 aliphatic heterocycles. The first-order valence-electron chi connectivity index (χ1n) is 6.35. The van der Waals surface area contributed by atoms with Crippen LogP contribution in [0.15, 0.2) is 52.1 Å². The van der Waals surface area contributed by atoms with Crippen molar-refractivity contribution >= 4 is 37.0 Å². The Hall–Kier alpha value is -1.66. The highest BCUT2D eigenvalue weighted by atomic mass is 79.9. The molecule has 0 spiro atoms. The van der Waals surface area contributed by atoms with Gasteiger partial charge in [-0.1, -0.05) is 34.1 Å². The van der Waals surface area contributed by atoms with E-state index >= 15 is 0 Å². The summed E-state index contributed by atoms with van der Waals surface area (Å²) in [5.74, 6) is 0. The summed E-state index contributed by atoms with van der Waals surface area (Å²) in [4.78, 5) is 4.43. The minimum absolute atomic E-state index is 0.281. The highest BCUT2D eigenvalue weighted by Gasteiger charge is 2.22. The summed E-state index contributed by atoms with van der Waals surface area (Å²) in [5.41, 5.74) is 2.95. The zero-order valence-corrected chi connectivity index (χ0v) is 13.9. The molecule has 3 rings (SSSR count).